The van der Waals surface area contributed by atoms with Crippen molar-refractivity contribution in [1.29, 1.82) is 0 Å². The first-order valence-electron chi connectivity index (χ1n) is 13.2. The highest BCUT2D eigenvalue weighted by Crippen LogP contribution is 2.30. The Morgan fingerprint density at radius 3 is 2.52 bits per heavy atom. The minimum absolute atomic E-state index is 0.0127. The number of anilines is 1. The number of piperidine rings is 1. The molecule has 0 bridgehead atoms. The van der Waals surface area contributed by atoms with Crippen LogP contribution < -0.4 is 16.0 Å². The van der Waals surface area contributed by atoms with Gasteiger partial charge in [0.25, 0.3) is 11.8 Å². The van der Waals surface area contributed by atoms with Crippen LogP contribution in [0.1, 0.15) is 36.5 Å². The van der Waals surface area contributed by atoms with Crippen molar-refractivity contribution in [2.24, 2.45) is 10.7 Å². The summed E-state index contributed by atoms with van der Waals surface area (Å²) in [6.45, 7) is 4.41. The molecule has 2 aliphatic rings. The molecule has 1 amide bonds. The van der Waals surface area contributed by atoms with Crippen LogP contribution in [0.5, 0.6) is 0 Å². The van der Waals surface area contributed by atoms with Gasteiger partial charge in [-0.05, 0) is 36.3 Å². The van der Waals surface area contributed by atoms with Crippen molar-refractivity contribution >= 4 is 28.5 Å². The van der Waals surface area contributed by atoms with Crippen molar-refractivity contribution in [3.63, 3.8) is 0 Å². The number of carbonyl (C=O) groups is 1. The van der Waals surface area contributed by atoms with Crippen LogP contribution in [0.2, 0.25) is 0 Å². The first-order valence-corrected chi connectivity index (χ1v) is 13.2. The van der Waals surface area contributed by atoms with E-state index in [1.807, 2.05) is 18.2 Å². The topological polar surface area (TPSA) is 96.1 Å². The van der Waals surface area contributed by atoms with Gasteiger partial charge < -0.3 is 20.7 Å². The number of carbonyl (C=O) groups excluding carboxylic acids is 1. The maximum absolute atomic E-state index is 13.9. The first kappa shape index (κ1) is 29.7. The zero-order valence-corrected chi connectivity index (χ0v) is 22.2. The van der Waals surface area contributed by atoms with Crippen LogP contribution in [0.4, 0.5) is 27.8 Å². The predicted octanol–water partition coefficient (Wildman–Crippen LogP) is 4.11. The molecule has 2 aliphatic heterocycles. The molecule has 0 saturated carbocycles. The molecule has 2 fully saturated rings. The van der Waals surface area contributed by atoms with E-state index >= 15 is 0 Å². The SMILES string of the molecule is CC/C(=C\N=C(N)C(F)(F)F)C(CNC(=O)c1cccc2nc(N3CCOCC3)ccc12)N1CCC(F)(F)CC1. The fourth-order valence-electron chi connectivity index (χ4n) is 4.89. The molecule has 1 unspecified atom stereocenters. The van der Waals surface area contributed by atoms with Gasteiger partial charge in [0, 0.05) is 68.8 Å². The van der Waals surface area contributed by atoms with Crippen LogP contribution in [0.25, 0.3) is 10.9 Å². The molecule has 2 aromatic rings. The fourth-order valence-corrected chi connectivity index (χ4v) is 4.89. The van der Waals surface area contributed by atoms with Crippen LogP contribution in [0.3, 0.4) is 0 Å². The Labute approximate surface area is 229 Å². The molecule has 1 atom stereocenters. The van der Waals surface area contributed by atoms with Crippen molar-refractivity contribution in [2.45, 2.75) is 44.3 Å². The lowest BCUT2D eigenvalue weighted by molar-refractivity contribution is -0.0611. The standard InChI is InChI=1S/C27H33F5N6O2/c1-2-18(16-35-25(33)27(30,31)32)22(37-10-8-26(28,29)9-11-37)17-34-24(39)20-4-3-5-21-19(20)6-7-23(36-21)38-12-14-40-15-13-38/h3-7,16,22H,2,8-15,17H2,1H3,(H2,33,35)(H,34,39)/b18-16+. The number of hydrogen-bond acceptors (Lipinski definition) is 6. The summed E-state index contributed by atoms with van der Waals surface area (Å²) < 4.78 is 71.8. The Morgan fingerprint density at radius 1 is 1.18 bits per heavy atom. The molecule has 2 saturated heterocycles. The summed E-state index contributed by atoms with van der Waals surface area (Å²) in [7, 11) is 0. The maximum atomic E-state index is 13.9. The largest absolute Gasteiger partial charge is 0.448 e. The van der Waals surface area contributed by atoms with E-state index in [-0.39, 0.29) is 38.9 Å². The van der Waals surface area contributed by atoms with E-state index in [9.17, 15) is 26.7 Å². The summed E-state index contributed by atoms with van der Waals surface area (Å²) in [5, 5.41) is 3.49. The Morgan fingerprint density at radius 2 is 1.88 bits per heavy atom. The number of nitrogens with two attached hydrogens (primary N) is 1. The van der Waals surface area contributed by atoms with E-state index in [4.69, 9.17) is 15.5 Å². The number of likely N-dealkylation sites (tertiary alicyclic amines) is 1. The van der Waals surface area contributed by atoms with Crippen molar-refractivity contribution in [1.82, 2.24) is 15.2 Å². The predicted molar refractivity (Wildman–Crippen MR) is 143 cm³/mol. The van der Waals surface area contributed by atoms with Gasteiger partial charge in [-0.2, -0.15) is 13.2 Å². The van der Waals surface area contributed by atoms with Crippen LogP contribution in [0.15, 0.2) is 47.1 Å². The molecule has 4 rings (SSSR count). The molecule has 3 N–H and O–H groups in total. The van der Waals surface area contributed by atoms with Gasteiger partial charge in [-0.25, -0.2) is 18.8 Å². The second-order valence-corrected chi connectivity index (χ2v) is 9.83. The summed E-state index contributed by atoms with van der Waals surface area (Å²) >= 11 is 0. The number of nitrogens with one attached hydrogen (secondary N) is 1. The number of benzene rings is 1. The Balaban J connectivity index is 1.55. The number of fused-ring (bicyclic) bond motifs is 1. The molecule has 0 aliphatic carbocycles. The second-order valence-electron chi connectivity index (χ2n) is 9.83. The van der Waals surface area contributed by atoms with E-state index in [0.29, 0.717) is 48.3 Å². The molecule has 218 valence electrons. The highest BCUT2D eigenvalue weighted by molar-refractivity contribution is 6.06. The normalized spacial score (nSPS) is 20.0. The van der Waals surface area contributed by atoms with Crippen molar-refractivity contribution < 1.29 is 31.5 Å². The maximum Gasteiger partial charge on any atom is 0.448 e. The summed E-state index contributed by atoms with van der Waals surface area (Å²) in [5.41, 5.74) is 6.51. The number of halogens is 5. The third-order valence-electron chi connectivity index (χ3n) is 7.22. The molecular formula is C27H33F5N6O2. The van der Waals surface area contributed by atoms with Crippen molar-refractivity contribution in [3.05, 3.63) is 47.7 Å². The van der Waals surface area contributed by atoms with Crippen molar-refractivity contribution in [3.8, 4) is 0 Å². The summed E-state index contributed by atoms with van der Waals surface area (Å²) in [6.07, 6.45) is -4.26. The summed E-state index contributed by atoms with van der Waals surface area (Å²) in [4.78, 5) is 25.3. The number of amidine groups is 1. The van der Waals surface area contributed by atoms with E-state index in [1.165, 1.54) is 0 Å². The molecule has 1 aromatic carbocycles. The highest BCUT2D eigenvalue weighted by Gasteiger charge is 2.37. The lowest BCUT2D eigenvalue weighted by Gasteiger charge is -2.38. The fraction of sp³-hybridized carbons (Fsp3) is 0.519. The number of ether oxygens (including phenoxy) is 1. The highest BCUT2D eigenvalue weighted by atomic mass is 19.4. The minimum Gasteiger partial charge on any atom is -0.380 e. The summed E-state index contributed by atoms with van der Waals surface area (Å²) in [6, 6.07) is 8.24. The Kier molecular flexibility index (Phi) is 9.24. The lowest BCUT2D eigenvalue weighted by Crippen LogP contribution is -2.50. The number of hydrogen-bond donors (Lipinski definition) is 2. The van der Waals surface area contributed by atoms with Gasteiger partial charge in [0.2, 0.25) is 5.84 Å². The Bertz CT molecular complexity index is 1250. The van der Waals surface area contributed by atoms with Crippen LogP contribution in [-0.4, -0.2) is 85.7 Å². The van der Waals surface area contributed by atoms with Gasteiger partial charge in [-0.15, -0.1) is 0 Å². The third-order valence-corrected chi connectivity index (χ3v) is 7.22. The van der Waals surface area contributed by atoms with E-state index in [1.54, 1.807) is 24.0 Å². The number of nitrogens with zero attached hydrogens (tertiary/aromatic N) is 4. The van der Waals surface area contributed by atoms with Gasteiger partial charge in [0.05, 0.1) is 18.7 Å². The first-order chi connectivity index (χ1) is 19.0. The lowest BCUT2D eigenvalue weighted by atomic mass is 9.98. The van der Waals surface area contributed by atoms with E-state index < -0.39 is 29.9 Å². The molecule has 0 radical (unpaired) electrons. The van der Waals surface area contributed by atoms with E-state index in [0.717, 1.165) is 12.0 Å². The molecule has 3 heterocycles. The number of rotatable bonds is 8. The number of aliphatic imine (C=N–C) groups is 1. The number of morpholine rings is 1. The zero-order chi connectivity index (χ0) is 28.9. The zero-order valence-electron chi connectivity index (χ0n) is 22.2. The van der Waals surface area contributed by atoms with Gasteiger partial charge in [0.15, 0.2) is 0 Å². The minimum atomic E-state index is -4.80. The van der Waals surface area contributed by atoms with Crippen LogP contribution in [-0.2, 0) is 4.74 Å². The second kappa shape index (κ2) is 12.5. The average molecular weight is 569 g/mol. The number of alkyl halides is 5. The number of aromatic nitrogens is 1. The number of pyridine rings is 1. The van der Waals surface area contributed by atoms with Gasteiger partial charge in [-0.3, -0.25) is 9.69 Å². The van der Waals surface area contributed by atoms with E-state index in [2.05, 4.69) is 15.2 Å². The quantitative estimate of drug-likeness (QED) is 0.283. The van der Waals surface area contributed by atoms with Crippen LogP contribution >= 0.6 is 0 Å². The monoisotopic (exact) mass is 568 g/mol. The molecule has 0 spiro atoms. The molecule has 1 aromatic heterocycles. The Hall–Kier alpha value is -3.32. The molecule has 13 heteroatoms. The average Bonchev–Trinajstić information content (AvgIpc) is 2.94. The number of amides is 1. The molecular weight excluding hydrogens is 535 g/mol. The summed E-state index contributed by atoms with van der Waals surface area (Å²) in [5.74, 6) is -3.94. The van der Waals surface area contributed by atoms with Gasteiger partial charge >= 0.3 is 6.18 Å². The molecule has 40 heavy (non-hydrogen) atoms. The van der Waals surface area contributed by atoms with Crippen molar-refractivity contribution in [2.75, 3.05) is 50.8 Å². The van der Waals surface area contributed by atoms with Gasteiger partial charge in [-0.1, -0.05) is 13.0 Å². The molecule has 8 nitrogen and oxygen atoms in total. The van der Waals surface area contributed by atoms with Crippen LogP contribution in [0, 0.1) is 0 Å². The van der Waals surface area contributed by atoms with Gasteiger partial charge in [0.1, 0.15) is 5.82 Å². The third kappa shape index (κ3) is 7.25. The smallest absolute Gasteiger partial charge is 0.380 e.